The van der Waals surface area contributed by atoms with E-state index in [2.05, 4.69) is 5.32 Å². The highest BCUT2D eigenvalue weighted by Gasteiger charge is 2.21. The average Bonchev–Trinajstić information content (AvgIpc) is 2.52. The first kappa shape index (κ1) is 16.8. The zero-order chi connectivity index (χ0) is 17.0. The quantitative estimate of drug-likeness (QED) is 0.859. The number of ether oxygens (including phenoxy) is 1. The summed E-state index contributed by atoms with van der Waals surface area (Å²) in [5.41, 5.74) is 0.442. The summed E-state index contributed by atoms with van der Waals surface area (Å²) < 4.78 is 5.17. The van der Waals surface area contributed by atoms with E-state index < -0.39 is 12.0 Å². The highest BCUT2D eigenvalue weighted by atomic mass is 16.5. The molecule has 1 unspecified atom stereocenters. The summed E-state index contributed by atoms with van der Waals surface area (Å²) in [4.78, 5) is 23.6. The number of amides is 1. The molecule has 0 radical (unpaired) electrons. The van der Waals surface area contributed by atoms with Crippen LogP contribution in [0.1, 0.15) is 30.6 Å². The maximum atomic E-state index is 12.3. The number of aliphatic carboxylic acids is 1. The van der Waals surface area contributed by atoms with E-state index in [0.717, 1.165) is 16.5 Å². The second kappa shape index (κ2) is 7.13. The minimum Gasteiger partial charge on any atom is -0.497 e. The molecule has 1 atom stereocenters. The third kappa shape index (κ3) is 4.22. The Kier molecular flexibility index (Phi) is 5.21. The molecule has 0 fully saturated rings. The van der Waals surface area contributed by atoms with E-state index in [0.29, 0.717) is 12.0 Å². The molecule has 0 aliphatic heterocycles. The van der Waals surface area contributed by atoms with Gasteiger partial charge in [0.1, 0.15) is 11.8 Å². The van der Waals surface area contributed by atoms with Crippen molar-refractivity contribution in [3.05, 3.63) is 42.0 Å². The number of hydrogen-bond acceptors (Lipinski definition) is 3. The zero-order valence-corrected chi connectivity index (χ0v) is 13.5. The number of carbonyl (C=O) groups is 2. The molecule has 1 amide bonds. The Bertz CT molecular complexity index is 724. The number of hydrogen-bond donors (Lipinski definition) is 2. The van der Waals surface area contributed by atoms with Crippen LogP contribution in [0.25, 0.3) is 10.8 Å². The third-order valence-corrected chi connectivity index (χ3v) is 3.62. The minimum atomic E-state index is -1.02. The van der Waals surface area contributed by atoms with Gasteiger partial charge < -0.3 is 15.2 Å². The molecule has 5 heteroatoms. The van der Waals surface area contributed by atoms with Gasteiger partial charge in [0.05, 0.1) is 7.11 Å². The molecule has 0 heterocycles. The highest BCUT2D eigenvalue weighted by molar-refractivity contribution is 6.00. The van der Waals surface area contributed by atoms with Crippen molar-refractivity contribution in [2.45, 2.75) is 26.3 Å². The highest BCUT2D eigenvalue weighted by Crippen LogP contribution is 2.22. The van der Waals surface area contributed by atoms with Crippen LogP contribution in [0.2, 0.25) is 0 Å². The summed E-state index contributed by atoms with van der Waals surface area (Å²) in [6.07, 6.45) is 0.395. The Morgan fingerprint density at radius 1 is 1.13 bits per heavy atom. The summed E-state index contributed by atoms with van der Waals surface area (Å²) in [7, 11) is 1.60. The van der Waals surface area contributed by atoms with E-state index in [9.17, 15) is 14.7 Å². The van der Waals surface area contributed by atoms with Gasteiger partial charge in [-0.3, -0.25) is 4.79 Å². The van der Waals surface area contributed by atoms with Crippen LogP contribution in [-0.4, -0.2) is 30.1 Å². The minimum absolute atomic E-state index is 0.181. The predicted molar refractivity (Wildman–Crippen MR) is 88.8 cm³/mol. The lowest BCUT2D eigenvalue weighted by molar-refractivity contribution is -0.139. The van der Waals surface area contributed by atoms with Crippen LogP contribution < -0.4 is 10.1 Å². The van der Waals surface area contributed by atoms with E-state index in [1.54, 1.807) is 19.2 Å². The topological polar surface area (TPSA) is 75.6 Å². The van der Waals surface area contributed by atoms with Crippen molar-refractivity contribution in [2.24, 2.45) is 5.92 Å². The van der Waals surface area contributed by atoms with E-state index in [4.69, 9.17) is 4.74 Å². The zero-order valence-electron chi connectivity index (χ0n) is 13.5. The van der Waals surface area contributed by atoms with Gasteiger partial charge in [-0.1, -0.05) is 26.0 Å². The molecular weight excluding hydrogens is 294 g/mol. The Balaban J connectivity index is 2.21. The predicted octanol–water partition coefficient (Wildman–Crippen LogP) is 3.08. The standard InChI is InChI=1S/C18H21NO4/c1-11(2)8-16(18(21)22)19-17(20)14-5-4-13-10-15(23-3)7-6-12(13)9-14/h4-7,9-11,16H,8H2,1-3H3,(H,19,20)(H,21,22). The van der Waals surface area contributed by atoms with Gasteiger partial charge in [0.25, 0.3) is 5.91 Å². The van der Waals surface area contributed by atoms with Crippen molar-refractivity contribution >= 4 is 22.6 Å². The second-order valence-corrected chi connectivity index (χ2v) is 5.92. The van der Waals surface area contributed by atoms with Crippen LogP contribution in [0.15, 0.2) is 36.4 Å². The first-order valence-electron chi connectivity index (χ1n) is 7.52. The van der Waals surface area contributed by atoms with Gasteiger partial charge in [-0.2, -0.15) is 0 Å². The van der Waals surface area contributed by atoms with Crippen molar-refractivity contribution in [1.29, 1.82) is 0 Å². The molecule has 0 aliphatic carbocycles. The molecule has 0 aromatic heterocycles. The molecule has 2 aromatic carbocycles. The Hall–Kier alpha value is -2.56. The van der Waals surface area contributed by atoms with Gasteiger partial charge in [0.2, 0.25) is 0 Å². The van der Waals surface area contributed by atoms with Crippen molar-refractivity contribution in [3.8, 4) is 5.75 Å². The summed E-state index contributed by atoms with van der Waals surface area (Å²) in [5, 5.41) is 13.7. The Morgan fingerprint density at radius 3 is 2.39 bits per heavy atom. The number of carbonyl (C=O) groups excluding carboxylic acids is 1. The molecule has 122 valence electrons. The first-order valence-corrected chi connectivity index (χ1v) is 7.52. The van der Waals surface area contributed by atoms with Crippen LogP contribution in [0.4, 0.5) is 0 Å². The van der Waals surface area contributed by atoms with Crippen LogP contribution in [0.5, 0.6) is 5.75 Å². The molecule has 0 spiro atoms. The summed E-state index contributed by atoms with van der Waals surface area (Å²) >= 11 is 0. The Labute approximate surface area is 135 Å². The van der Waals surface area contributed by atoms with Crippen molar-refractivity contribution < 1.29 is 19.4 Å². The molecule has 2 aromatic rings. The van der Waals surface area contributed by atoms with Gasteiger partial charge in [-0.15, -0.1) is 0 Å². The van der Waals surface area contributed by atoms with Crippen LogP contribution in [-0.2, 0) is 4.79 Å². The second-order valence-electron chi connectivity index (χ2n) is 5.92. The SMILES string of the molecule is COc1ccc2cc(C(=O)NC(CC(C)C)C(=O)O)ccc2c1. The molecule has 0 aliphatic rings. The first-order chi connectivity index (χ1) is 10.9. The molecule has 2 rings (SSSR count). The van der Waals surface area contributed by atoms with Crippen LogP contribution >= 0.6 is 0 Å². The van der Waals surface area contributed by atoms with Gasteiger partial charge in [0, 0.05) is 5.56 Å². The number of carboxylic acids is 1. The van der Waals surface area contributed by atoms with E-state index in [1.807, 2.05) is 38.1 Å². The maximum Gasteiger partial charge on any atom is 0.326 e. The van der Waals surface area contributed by atoms with Crippen molar-refractivity contribution in [1.82, 2.24) is 5.32 Å². The maximum absolute atomic E-state index is 12.3. The van der Waals surface area contributed by atoms with Crippen molar-refractivity contribution in [2.75, 3.05) is 7.11 Å². The number of carboxylic acid groups (broad SMARTS) is 1. The molecule has 0 saturated heterocycles. The molecule has 5 nitrogen and oxygen atoms in total. The third-order valence-electron chi connectivity index (χ3n) is 3.62. The summed E-state index contributed by atoms with van der Waals surface area (Å²) in [6.45, 7) is 3.84. The number of fused-ring (bicyclic) bond motifs is 1. The van der Waals surface area contributed by atoms with E-state index in [1.165, 1.54) is 0 Å². The molecule has 0 saturated carbocycles. The normalized spacial score (nSPS) is 12.2. The average molecular weight is 315 g/mol. The lowest BCUT2D eigenvalue weighted by Crippen LogP contribution is -2.41. The smallest absolute Gasteiger partial charge is 0.326 e. The van der Waals surface area contributed by atoms with E-state index in [-0.39, 0.29) is 11.8 Å². The van der Waals surface area contributed by atoms with Crippen LogP contribution in [0, 0.1) is 5.92 Å². The monoisotopic (exact) mass is 315 g/mol. The molecule has 23 heavy (non-hydrogen) atoms. The van der Waals surface area contributed by atoms with Gasteiger partial charge in [0.15, 0.2) is 0 Å². The van der Waals surface area contributed by atoms with E-state index >= 15 is 0 Å². The number of rotatable bonds is 6. The van der Waals surface area contributed by atoms with Gasteiger partial charge >= 0.3 is 5.97 Å². The molecule has 2 N–H and O–H groups in total. The van der Waals surface area contributed by atoms with Gasteiger partial charge in [-0.25, -0.2) is 4.79 Å². The fourth-order valence-corrected chi connectivity index (χ4v) is 2.43. The molecule has 0 bridgehead atoms. The summed E-state index contributed by atoms with van der Waals surface area (Å²) in [6, 6.07) is 9.95. The number of nitrogens with one attached hydrogen (secondary N) is 1. The molecular formula is C18H21NO4. The lowest BCUT2D eigenvalue weighted by atomic mass is 10.0. The van der Waals surface area contributed by atoms with Gasteiger partial charge in [-0.05, 0) is 47.4 Å². The lowest BCUT2D eigenvalue weighted by Gasteiger charge is -2.16. The van der Waals surface area contributed by atoms with Crippen LogP contribution in [0.3, 0.4) is 0 Å². The Morgan fingerprint density at radius 2 is 1.78 bits per heavy atom. The number of methoxy groups -OCH3 is 1. The van der Waals surface area contributed by atoms with Crippen molar-refractivity contribution in [3.63, 3.8) is 0 Å². The summed E-state index contributed by atoms with van der Waals surface area (Å²) in [5.74, 6) is -0.466. The largest absolute Gasteiger partial charge is 0.497 e. The fourth-order valence-electron chi connectivity index (χ4n) is 2.43. The fraction of sp³-hybridized carbons (Fsp3) is 0.333. The number of benzene rings is 2.